The molecule has 0 saturated carbocycles. The van der Waals surface area contributed by atoms with Gasteiger partial charge in [0.1, 0.15) is 0 Å². The molecule has 0 aliphatic heterocycles. The zero-order chi connectivity index (χ0) is 14.5. The predicted octanol–water partition coefficient (Wildman–Crippen LogP) is 5.82. The Morgan fingerprint density at radius 3 is 2.14 bits per heavy atom. The molecule has 0 radical (unpaired) electrons. The van der Waals surface area contributed by atoms with Gasteiger partial charge in [0.05, 0.1) is 0 Å². The lowest BCUT2D eigenvalue weighted by atomic mass is 10.1. The van der Waals surface area contributed by atoms with Crippen LogP contribution in [0.2, 0.25) is 5.02 Å². The first-order valence-corrected chi connectivity index (χ1v) is 7.61. The van der Waals surface area contributed by atoms with Crippen LogP contribution < -0.4 is 0 Å². The highest BCUT2D eigenvalue weighted by molar-refractivity contribution is 7.22. The molecule has 1 heterocycles. The van der Waals surface area contributed by atoms with E-state index < -0.39 is 0 Å². The zero-order valence-corrected chi connectivity index (χ0v) is 14.7. The minimum atomic E-state index is 0. The van der Waals surface area contributed by atoms with Crippen LogP contribution in [0.25, 0.3) is 20.5 Å². The van der Waals surface area contributed by atoms with Crippen molar-refractivity contribution in [1.29, 1.82) is 0 Å². The molecule has 112 valence electrons. The van der Waals surface area contributed by atoms with Crippen molar-refractivity contribution in [2.75, 3.05) is 21.1 Å². The van der Waals surface area contributed by atoms with Gasteiger partial charge in [0, 0.05) is 14.6 Å². The summed E-state index contributed by atoms with van der Waals surface area (Å²) >= 11 is 7.78. The summed E-state index contributed by atoms with van der Waals surface area (Å²) in [5, 5.41) is 2.02. The van der Waals surface area contributed by atoms with Crippen LogP contribution in [-0.4, -0.2) is 26.0 Å². The third kappa shape index (κ3) is 5.33. The van der Waals surface area contributed by atoms with E-state index in [1.807, 2.05) is 44.2 Å². The molecule has 21 heavy (non-hydrogen) atoms. The highest BCUT2D eigenvalue weighted by atomic mass is 35.5. The van der Waals surface area contributed by atoms with Crippen molar-refractivity contribution in [1.82, 2.24) is 4.90 Å². The molecule has 0 N–H and O–H groups in total. The van der Waals surface area contributed by atoms with E-state index in [9.17, 15) is 0 Å². The average molecular weight is 340 g/mol. The van der Waals surface area contributed by atoms with Crippen LogP contribution in [-0.2, 0) is 0 Å². The van der Waals surface area contributed by atoms with Gasteiger partial charge in [0.15, 0.2) is 0 Å². The highest BCUT2D eigenvalue weighted by Gasteiger charge is 2.03. The highest BCUT2D eigenvalue weighted by Crippen LogP contribution is 2.34. The fourth-order valence-corrected chi connectivity index (χ4v) is 2.99. The van der Waals surface area contributed by atoms with Crippen LogP contribution in [0.4, 0.5) is 0 Å². The fraction of sp³-hybridized carbons (Fsp3) is 0.176. The second-order valence-corrected chi connectivity index (χ2v) is 6.52. The summed E-state index contributed by atoms with van der Waals surface area (Å²) in [6.07, 6.45) is 0. The Morgan fingerprint density at radius 1 is 0.905 bits per heavy atom. The minimum Gasteiger partial charge on any atom is -0.312 e. The molecule has 0 bridgehead atoms. The van der Waals surface area contributed by atoms with E-state index in [4.69, 9.17) is 11.6 Å². The zero-order valence-electron chi connectivity index (χ0n) is 12.3. The average Bonchev–Trinajstić information content (AvgIpc) is 2.82. The van der Waals surface area contributed by atoms with Crippen molar-refractivity contribution in [2.24, 2.45) is 0 Å². The van der Waals surface area contributed by atoms with Crippen LogP contribution in [0, 0.1) is 0 Å². The van der Waals surface area contributed by atoms with Gasteiger partial charge in [0.25, 0.3) is 0 Å². The minimum absolute atomic E-state index is 0. The summed E-state index contributed by atoms with van der Waals surface area (Å²) in [5.74, 6) is 0. The van der Waals surface area contributed by atoms with Gasteiger partial charge in [-0.1, -0.05) is 41.9 Å². The van der Waals surface area contributed by atoms with Gasteiger partial charge in [-0.2, -0.15) is 0 Å². The second kappa shape index (κ2) is 8.40. The Kier molecular flexibility index (Phi) is 7.20. The number of rotatable bonds is 1. The first kappa shape index (κ1) is 18.0. The molecule has 0 atom stereocenters. The van der Waals surface area contributed by atoms with E-state index in [1.165, 1.54) is 20.5 Å². The van der Waals surface area contributed by atoms with Crippen molar-refractivity contribution in [2.45, 2.75) is 0 Å². The van der Waals surface area contributed by atoms with E-state index in [0.717, 1.165) is 5.02 Å². The largest absolute Gasteiger partial charge is 0.312 e. The van der Waals surface area contributed by atoms with E-state index in [1.54, 1.807) is 11.3 Å². The fourth-order valence-electron chi connectivity index (χ4n) is 1.76. The third-order valence-corrected chi connectivity index (χ3v) is 3.94. The van der Waals surface area contributed by atoms with Crippen LogP contribution in [0.15, 0.2) is 54.6 Å². The summed E-state index contributed by atoms with van der Waals surface area (Å²) in [6.45, 7) is 0. The van der Waals surface area contributed by atoms with Gasteiger partial charge in [-0.05, 0) is 56.4 Å². The molecule has 3 aromatic rings. The number of nitrogens with zero attached hydrogens (tertiary/aromatic N) is 1. The maximum absolute atomic E-state index is 5.98. The molecule has 1 aromatic heterocycles. The van der Waals surface area contributed by atoms with Crippen molar-refractivity contribution in [3.05, 3.63) is 59.6 Å². The lowest BCUT2D eigenvalue weighted by Crippen LogP contribution is -1.99. The quantitative estimate of drug-likeness (QED) is 0.539. The van der Waals surface area contributed by atoms with Crippen LogP contribution in [0.5, 0.6) is 0 Å². The number of hydrogen-bond donors (Lipinski definition) is 0. The van der Waals surface area contributed by atoms with Gasteiger partial charge in [-0.15, -0.1) is 23.7 Å². The molecule has 4 heteroatoms. The molecule has 0 aliphatic carbocycles. The molecule has 0 saturated heterocycles. The standard InChI is InChI=1S/C14H9ClS.C3H9N.ClH/c15-12-6-7-13-11(8-12)9-14(16-13)10-4-2-1-3-5-10;1-4(2)3;/h1-9H;1-3H3;1H. The molecule has 0 fully saturated rings. The Morgan fingerprint density at radius 2 is 1.52 bits per heavy atom. The summed E-state index contributed by atoms with van der Waals surface area (Å²) in [6, 6.07) is 18.6. The molecule has 0 aliphatic rings. The lowest BCUT2D eigenvalue weighted by molar-refractivity contribution is 0.505. The normalized spacial score (nSPS) is 9.95. The number of thiophene rings is 1. The van der Waals surface area contributed by atoms with E-state index >= 15 is 0 Å². The maximum atomic E-state index is 5.98. The molecule has 3 rings (SSSR count). The van der Waals surface area contributed by atoms with Crippen LogP contribution >= 0.6 is 35.3 Å². The van der Waals surface area contributed by atoms with Gasteiger partial charge in [0.2, 0.25) is 0 Å². The van der Waals surface area contributed by atoms with Crippen LogP contribution in [0.1, 0.15) is 0 Å². The Balaban J connectivity index is 0.000000397. The summed E-state index contributed by atoms with van der Waals surface area (Å²) in [7, 11) is 6.00. The Bertz CT molecular complexity index is 675. The molecule has 0 amide bonds. The molecule has 0 spiro atoms. The molecule has 0 unspecified atom stereocenters. The van der Waals surface area contributed by atoms with Crippen LogP contribution in [0.3, 0.4) is 0 Å². The first-order valence-electron chi connectivity index (χ1n) is 6.41. The monoisotopic (exact) mass is 339 g/mol. The van der Waals surface area contributed by atoms with Gasteiger partial charge < -0.3 is 4.90 Å². The summed E-state index contributed by atoms with van der Waals surface area (Å²) < 4.78 is 1.28. The number of halogens is 2. The molecular weight excluding hydrogens is 321 g/mol. The first-order chi connectivity index (χ1) is 9.56. The van der Waals surface area contributed by atoms with Gasteiger partial charge in [-0.3, -0.25) is 0 Å². The van der Waals surface area contributed by atoms with E-state index in [0.29, 0.717) is 0 Å². The maximum Gasteiger partial charge on any atom is 0.0412 e. The smallest absolute Gasteiger partial charge is 0.0412 e. The van der Waals surface area contributed by atoms with E-state index in [2.05, 4.69) is 36.4 Å². The predicted molar refractivity (Wildman–Crippen MR) is 99.1 cm³/mol. The van der Waals surface area contributed by atoms with Gasteiger partial charge in [-0.25, -0.2) is 0 Å². The van der Waals surface area contributed by atoms with Crippen molar-refractivity contribution in [3.8, 4) is 10.4 Å². The number of fused-ring (bicyclic) bond motifs is 1. The SMILES string of the molecule is CN(C)C.Cl.Clc1ccc2sc(-c3ccccc3)cc2c1. The lowest BCUT2D eigenvalue weighted by Gasteiger charge is -1.93. The Hall–Kier alpha value is -1.06. The van der Waals surface area contributed by atoms with Crippen molar-refractivity contribution >= 4 is 45.4 Å². The van der Waals surface area contributed by atoms with Crippen molar-refractivity contribution in [3.63, 3.8) is 0 Å². The van der Waals surface area contributed by atoms with Crippen molar-refractivity contribution < 1.29 is 0 Å². The third-order valence-electron chi connectivity index (χ3n) is 2.54. The second-order valence-electron chi connectivity index (χ2n) is 5.00. The topological polar surface area (TPSA) is 3.24 Å². The number of benzene rings is 2. The summed E-state index contributed by atoms with van der Waals surface area (Å²) in [4.78, 5) is 3.29. The number of hydrogen-bond acceptors (Lipinski definition) is 2. The molecule has 2 aromatic carbocycles. The molecular formula is C17H19Cl2NS. The Labute approximate surface area is 141 Å². The van der Waals surface area contributed by atoms with E-state index in [-0.39, 0.29) is 12.4 Å². The van der Waals surface area contributed by atoms with Gasteiger partial charge >= 0.3 is 0 Å². The summed E-state index contributed by atoms with van der Waals surface area (Å²) in [5.41, 5.74) is 1.26. The molecule has 1 nitrogen and oxygen atoms in total.